The quantitative estimate of drug-likeness (QED) is 0.444. The van der Waals surface area contributed by atoms with E-state index in [-0.39, 0.29) is 6.04 Å². The predicted molar refractivity (Wildman–Crippen MR) is 112 cm³/mol. The third kappa shape index (κ3) is 4.17. The molecule has 0 saturated heterocycles. The van der Waals surface area contributed by atoms with E-state index in [1.54, 1.807) is 0 Å². The van der Waals surface area contributed by atoms with Gasteiger partial charge in [0.15, 0.2) is 0 Å². The van der Waals surface area contributed by atoms with Crippen molar-refractivity contribution in [3.05, 3.63) is 108 Å². The van der Waals surface area contributed by atoms with Crippen LogP contribution in [0.15, 0.2) is 91.0 Å². The van der Waals surface area contributed by atoms with E-state index in [2.05, 4.69) is 92.0 Å². The Morgan fingerprint density at radius 1 is 0.741 bits per heavy atom. The first-order valence-electron chi connectivity index (χ1n) is 9.56. The number of hydrogen-bond donors (Lipinski definition) is 1. The Morgan fingerprint density at radius 2 is 1.11 bits per heavy atom. The van der Waals surface area contributed by atoms with Crippen LogP contribution >= 0.6 is 0 Å². The van der Waals surface area contributed by atoms with Crippen molar-refractivity contribution in [3.8, 4) is 0 Å². The second-order valence-corrected chi connectivity index (χ2v) is 7.36. The Hall–Kier alpha value is -2.71. The summed E-state index contributed by atoms with van der Waals surface area (Å²) in [5, 5.41) is 3.73. The summed E-state index contributed by atoms with van der Waals surface area (Å²) in [6.07, 6.45) is 1.83. The van der Waals surface area contributed by atoms with Gasteiger partial charge in [-0.25, -0.2) is 0 Å². The standard InChI is InChI=1S/C25H27NO/c1-20(2)18-24(19-27)26-25(21-12-6-3-7-13-21,22-14-8-4-9-15-22)23-16-10-5-11-17-23/h3-17,19-20,24,26H,18H2,1-2H3. The highest BCUT2D eigenvalue weighted by Gasteiger charge is 2.38. The van der Waals surface area contributed by atoms with Crippen LogP contribution in [0, 0.1) is 5.92 Å². The van der Waals surface area contributed by atoms with Gasteiger partial charge in [-0.2, -0.15) is 0 Å². The monoisotopic (exact) mass is 357 g/mol. The highest BCUT2D eigenvalue weighted by molar-refractivity contribution is 5.60. The SMILES string of the molecule is CC(C)CC(C=O)NC(c1ccccc1)(c1ccccc1)c1ccccc1. The van der Waals surface area contributed by atoms with E-state index in [0.29, 0.717) is 5.92 Å². The van der Waals surface area contributed by atoms with Crippen molar-refractivity contribution in [2.45, 2.75) is 31.8 Å². The Bertz CT molecular complexity index is 731. The molecule has 0 radical (unpaired) electrons. The average Bonchev–Trinajstić information content (AvgIpc) is 2.73. The third-order valence-electron chi connectivity index (χ3n) is 4.91. The lowest BCUT2D eigenvalue weighted by Gasteiger charge is -2.39. The van der Waals surface area contributed by atoms with Gasteiger partial charge in [-0.05, 0) is 29.0 Å². The van der Waals surface area contributed by atoms with Crippen molar-refractivity contribution in [2.24, 2.45) is 5.92 Å². The maximum atomic E-state index is 11.9. The van der Waals surface area contributed by atoms with Gasteiger partial charge in [0.2, 0.25) is 0 Å². The summed E-state index contributed by atoms with van der Waals surface area (Å²) in [5.74, 6) is 0.424. The van der Waals surface area contributed by atoms with Crippen molar-refractivity contribution >= 4 is 6.29 Å². The van der Waals surface area contributed by atoms with Crippen LogP contribution in [0.5, 0.6) is 0 Å². The molecule has 2 heteroatoms. The highest BCUT2D eigenvalue weighted by Crippen LogP contribution is 2.37. The van der Waals surface area contributed by atoms with Gasteiger partial charge in [0.05, 0.1) is 11.6 Å². The Labute approximate surface area is 162 Å². The average molecular weight is 357 g/mol. The molecule has 0 aliphatic carbocycles. The van der Waals surface area contributed by atoms with Crippen LogP contribution in [0.25, 0.3) is 0 Å². The lowest BCUT2D eigenvalue weighted by Crippen LogP contribution is -2.50. The molecule has 1 N–H and O–H groups in total. The van der Waals surface area contributed by atoms with Crippen LogP contribution in [-0.4, -0.2) is 12.3 Å². The summed E-state index contributed by atoms with van der Waals surface area (Å²) >= 11 is 0. The molecule has 0 bridgehead atoms. The van der Waals surface area contributed by atoms with E-state index in [1.165, 1.54) is 0 Å². The fourth-order valence-corrected chi connectivity index (χ4v) is 3.75. The number of carbonyl (C=O) groups excluding carboxylic acids is 1. The molecule has 0 aliphatic heterocycles. The summed E-state index contributed by atoms with van der Waals surface area (Å²) < 4.78 is 0. The van der Waals surface area contributed by atoms with Crippen molar-refractivity contribution in [3.63, 3.8) is 0 Å². The summed E-state index contributed by atoms with van der Waals surface area (Å²) in [4.78, 5) is 11.9. The number of carbonyl (C=O) groups is 1. The van der Waals surface area contributed by atoms with Crippen LogP contribution in [0.2, 0.25) is 0 Å². The molecule has 3 aromatic carbocycles. The first-order valence-corrected chi connectivity index (χ1v) is 9.56. The van der Waals surface area contributed by atoms with Crippen LogP contribution < -0.4 is 5.32 Å². The molecule has 1 unspecified atom stereocenters. The number of nitrogens with one attached hydrogen (secondary N) is 1. The summed E-state index contributed by atoms with van der Waals surface area (Å²) in [6, 6.07) is 30.9. The predicted octanol–water partition coefficient (Wildman–Crippen LogP) is 5.18. The van der Waals surface area contributed by atoms with Crippen LogP contribution in [0.3, 0.4) is 0 Å². The van der Waals surface area contributed by atoms with E-state index in [0.717, 1.165) is 29.4 Å². The highest BCUT2D eigenvalue weighted by atomic mass is 16.1. The third-order valence-corrected chi connectivity index (χ3v) is 4.91. The van der Waals surface area contributed by atoms with Crippen molar-refractivity contribution in [2.75, 3.05) is 0 Å². The Kier molecular flexibility index (Phi) is 6.20. The first-order chi connectivity index (χ1) is 13.2. The van der Waals surface area contributed by atoms with E-state index >= 15 is 0 Å². The number of rotatable bonds is 8. The minimum absolute atomic E-state index is 0.245. The molecule has 0 fully saturated rings. The molecule has 3 rings (SSSR count). The van der Waals surface area contributed by atoms with E-state index in [1.807, 2.05) is 18.2 Å². The van der Waals surface area contributed by atoms with Gasteiger partial charge in [-0.15, -0.1) is 0 Å². The zero-order valence-corrected chi connectivity index (χ0v) is 16.0. The van der Waals surface area contributed by atoms with Crippen LogP contribution in [-0.2, 0) is 10.3 Å². The minimum atomic E-state index is -0.593. The topological polar surface area (TPSA) is 29.1 Å². The second-order valence-electron chi connectivity index (χ2n) is 7.36. The Balaban J connectivity index is 2.24. The molecule has 3 aromatic rings. The maximum Gasteiger partial charge on any atom is 0.136 e. The van der Waals surface area contributed by atoms with Crippen molar-refractivity contribution in [1.29, 1.82) is 0 Å². The first kappa shape index (κ1) is 19.1. The number of benzene rings is 3. The largest absolute Gasteiger partial charge is 0.302 e. The lowest BCUT2D eigenvalue weighted by molar-refractivity contribution is -0.110. The molecule has 27 heavy (non-hydrogen) atoms. The summed E-state index contributed by atoms with van der Waals surface area (Å²) in [6.45, 7) is 4.29. The van der Waals surface area contributed by atoms with Gasteiger partial charge in [-0.1, -0.05) is 105 Å². The molecule has 138 valence electrons. The smallest absolute Gasteiger partial charge is 0.136 e. The van der Waals surface area contributed by atoms with E-state index < -0.39 is 5.54 Å². The minimum Gasteiger partial charge on any atom is -0.302 e. The molecular formula is C25H27NO. The van der Waals surface area contributed by atoms with Gasteiger partial charge < -0.3 is 4.79 Å². The van der Waals surface area contributed by atoms with Crippen LogP contribution in [0.4, 0.5) is 0 Å². The normalized spacial score (nSPS) is 12.7. The van der Waals surface area contributed by atoms with Crippen molar-refractivity contribution in [1.82, 2.24) is 5.32 Å². The van der Waals surface area contributed by atoms with Crippen LogP contribution in [0.1, 0.15) is 37.0 Å². The molecule has 0 saturated carbocycles. The van der Waals surface area contributed by atoms with Gasteiger partial charge in [-0.3, -0.25) is 5.32 Å². The second kappa shape index (κ2) is 8.79. The Morgan fingerprint density at radius 3 is 1.41 bits per heavy atom. The van der Waals surface area contributed by atoms with E-state index in [9.17, 15) is 4.79 Å². The fraction of sp³-hybridized carbons (Fsp3) is 0.240. The van der Waals surface area contributed by atoms with Gasteiger partial charge >= 0.3 is 0 Å². The molecule has 0 amide bonds. The zero-order valence-electron chi connectivity index (χ0n) is 16.0. The summed E-state index contributed by atoms with van der Waals surface area (Å²) in [7, 11) is 0. The van der Waals surface area contributed by atoms with E-state index in [4.69, 9.17) is 0 Å². The fourth-order valence-electron chi connectivity index (χ4n) is 3.75. The number of hydrogen-bond acceptors (Lipinski definition) is 2. The van der Waals surface area contributed by atoms with Gasteiger partial charge in [0.25, 0.3) is 0 Å². The number of aldehydes is 1. The molecule has 0 heterocycles. The van der Waals surface area contributed by atoms with Gasteiger partial charge in [0, 0.05) is 0 Å². The van der Waals surface area contributed by atoms with Crippen molar-refractivity contribution < 1.29 is 4.79 Å². The molecule has 1 atom stereocenters. The maximum absolute atomic E-state index is 11.9. The molecule has 0 spiro atoms. The summed E-state index contributed by atoms with van der Waals surface area (Å²) in [5.41, 5.74) is 2.78. The zero-order chi connectivity index (χ0) is 19.1. The molecule has 0 aliphatic rings. The molecule has 2 nitrogen and oxygen atoms in total. The lowest BCUT2D eigenvalue weighted by atomic mass is 9.76. The molecular weight excluding hydrogens is 330 g/mol. The van der Waals surface area contributed by atoms with Gasteiger partial charge in [0.1, 0.15) is 6.29 Å². The molecule has 0 aromatic heterocycles.